The first-order chi connectivity index (χ1) is 4.96. The highest BCUT2D eigenvalue weighted by Crippen LogP contribution is 2.36. The standard InChI is InChI=1S/C8H16N2O/c1-6(2)8(3)4-7(9)10(11)5-8/h6,9,11H,4-5H2,1-3H3. The minimum Gasteiger partial charge on any atom is -0.287 e. The van der Waals surface area contributed by atoms with E-state index in [1.165, 1.54) is 0 Å². The quantitative estimate of drug-likeness (QED) is 0.607. The Kier molecular flexibility index (Phi) is 1.92. The molecule has 0 aromatic carbocycles. The van der Waals surface area contributed by atoms with E-state index in [9.17, 15) is 5.21 Å². The molecule has 1 unspecified atom stereocenters. The Morgan fingerprint density at radius 3 is 2.36 bits per heavy atom. The van der Waals surface area contributed by atoms with Crippen molar-refractivity contribution in [2.75, 3.05) is 6.54 Å². The summed E-state index contributed by atoms with van der Waals surface area (Å²) in [7, 11) is 0. The number of rotatable bonds is 1. The van der Waals surface area contributed by atoms with Crippen LogP contribution in [0.25, 0.3) is 0 Å². The third-order valence-electron chi connectivity index (χ3n) is 2.79. The third-order valence-corrected chi connectivity index (χ3v) is 2.79. The highest BCUT2D eigenvalue weighted by Gasteiger charge is 2.39. The van der Waals surface area contributed by atoms with Crippen LogP contribution in [0.3, 0.4) is 0 Å². The molecule has 0 spiro atoms. The zero-order chi connectivity index (χ0) is 8.65. The van der Waals surface area contributed by atoms with Crippen LogP contribution in [-0.4, -0.2) is 22.7 Å². The summed E-state index contributed by atoms with van der Waals surface area (Å²) < 4.78 is 0. The summed E-state index contributed by atoms with van der Waals surface area (Å²) in [6.07, 6.45) is 0.696. The molecule has 3 nitrogen and oxygen atoms in total. The van der Waals surface area contributed by atoms with Crippen molar-refractivity contribution < 1.29 is 5.21 Å². The van der Waals surface area contributed by atoms with Crippen molar-refractivity contribution in [3.63, 3.8) is 0 Å². The molecule has 0 amide bonds. The molecule has 1 aliphatic rings. The minimum absolute atomic E-state index is 0.0891. The highest BCUT2D eigenvalue weighted by molar-refractivity contribution is 5.80. The summed E-state index contributed by atoms with van der Waals surface area (Å²) in [5.41, 5.74) is 0.0891. The maximum absolute atomic E-state index is 9.19. The molecule has 3 heteroatoms. The van der Waals surface area contributed by atoms with Crippen molar-refractivity contribution in [1.29, 1.82) is 5.41 Å². The minimum atomic E-state index is 0.0891. The molecule has 0 saturated carbocycles. The van der Waals surface area contributed by atoms with Crippen molar-refractivity contribution in [3.8, 4) is 0 Å². The van der Waals surface area contributed by atoms with Gasteiger partial charge in [0, 0.05) is 6.42 Å². The normalized spacial score (nSPS) is 32.1. The Morgan fingerprint density at radius 2 is 2.18 bits per heavy atom. The van der Waals surface area contributed by atoms with Crippen molar-refractivity contribution in [2.45, 2.75) is 27.2 Å². The van der Waals surface area contributed by atoms with E-state index in [1.54, 1.807) is 0 Å². The van der Waals surface area contributed by atoms with E-state index in [1.807, 2.05) is 0 Å². The molecule has 0 aromatic heterocycles. The maximum atomic E-state index is 9.19. The van der Waals surface area contributed by atoms with E-state index in [-0.39, 0.29) is 5.41 Å². The average molecular weight is 156 g/mol. The lowest BCUT2D eigenvalue weighted by Gasteiger charge is -2.26. The van der Waals surface area contributed by atoms with Crippen LogP contribution in [0.1, 0.15) is 27.2 Å². The number of hydroxylamine groups is 2. The molecule has 1 aliphatic heterocycles. The van der Waals surface area contributed by atoms with Gasteiger partial charge in [-0.25, -0.2) is 5.06 Å². The van der Waals surface area contributed by atoms with Gasteiger partial charge in [0.05, 0.1) is 6.54 Å². The van der Waals surface area contributed by atoms with Crippen molar-refractivity contribution in [1.82, 2.24) is 5.06 Å². The molecule has 0 radical (unpaired) electrons. The molecule has 1 atom stereocenters. The van der Waals surface area contributed by atoms with Crippen LogP contribution in [0.4, 0.5) is 0 Å². The van der Waals surface area contributed by atoms with E-state index < -0.39 is 0 Å². The van der Waals surface area contributed by atoms with Gasteiger partial charge in [-0.15, -0.1) is 0 Å². The van der Waals surface area contributed by atoms with Gasteiger partial charge < -0.3 is 0 Å². The molecule has 11 heavy (non-hydrogen) atoms. The van der Waals surface area contributed by atoms with Gasteiger partial charge in [-0.3, -0.25) is 10.6 Å². The number of nitrogens with zero attached hydrogens (tertiary/aromatic N) is 1. The smallest absolute Gasteiger partial charge is 0.121 e. The Bertz CT molecular complexity index is 179. The first-order valence-corrected chi connectivity index (χ1v) is 3.99. The Morgan fingerprint density at radius 1 is 1.64 bits per heavy atom. The van der Waals surface area contributed by atoms with Crippen LogP contribution in [0.5, 0.6) is 0 Å². The fourth-order valence-corrected chi connectivity index (χ4v) is 1.35. The molecule has 0 aromatic rings. The van der Waals surface area contributed by atoms with Gasteiger partial charge in [-0.2, -0.15) is 0 Å². The summed E-state index contributed by atoms with van der Waals surface area (Å²) in [6, 6.07) is 0. The highest BCUT2D eigenvalue weighted by atomic mass is 16.5. The zero-order valence-electron chi connectivity index (χ0n) is 7.39. The van der Waals surface area contributed by atoms with Crippen LogP contribution in [0.15, 0.2) is 0 Å². The molecule has 0 aliphatic carbocycles. The largest absolute Gasteiger partial charge is 0.287 e. The fraction of sp³-hybridized carbons (Fsp3) is 0.875. The molecular weight excluding hydrogens is 140 g/mol. The second-order valence-corrected chi connectivity index (χ2v) is 3.99. The summed E-state index contributed by atoms with van der Waals surface area (Å²) in [4.78, 5) is 0. The van der Waals surface area contributed by atoms with Crippen LogP contribution in [-0.2, 0) is 0 Å². The summed E-state index contributed by atoms with van der Waals surface area (Å²) in [6.45, 7) is 6.98. The second-order valence-electron chi connectivity index (χ2n) is 3.99. The fourth-order valence-electron chi connectivity index (χ4n) is 1.35. The van der Waals surface area contributed by atoms with Crippen LogP contribution >= 0.6 is 0 Å². The zero-order valence-corrected chi connectivity index (χ0v) is 7.39. The molecule has 1 fully saturated rings. The lowest BCUT2D eigenvalue weighted by Crippen LogP contribution is -2.27. The van der Waals surface area contributed by atoms with Crippen molar-refractivity contribution in [3.05, 3.63) is 0 Å². The summed E-state index contributed by atoms with van der Waals surface area (Å²) in [5.74, 6) is 0.862. The van der Waals surface area contributed by atoms with Crippen LogP contribution < -0.4 is 0 Å². The number of nitrogens with one attached hydrogen (secondary N) is 1. The van der Waals surface area contributed by atoms with Crippen molar-refractivity contribution >= 4 is 5.84 Å². The van der Waals surface area contributed by atoms with Gasteiger partial charge in [0.1, 0.15) is 5.84 Å². The van der Waals surface area contributed by atoms with Gasteiger partial charge >= 0.3 is 0 Å². The predicted molar refractivity (Wildman–Crippen MR) is 43.8 cm³/mol. The number of hydrogen-bond donors (Lipinski definition) is 2. The number of hydrogen-bond acceptors (Lipinski definition) is 2. The monoisotopic (exact) mass is 156 g/mol. The van der Waals surface area contributed by atoms with Gasteiger partial charge in [-0.1, -0.05) is 20.8 Å². The number of amidine groups is 1. The van der Waals surface area contributed by atoms with E-state index in [2.05, 4.69) is 20.8 Å². The molecule has 2 N–H and O–H groups in total. The van der Waals surface area contributed by atoms with E-state index >= 15 is 0 Å². The third kappa shape index (κ3) is 1.38. The maximum Gasteiger partial charge on any atom is 0.121 e. The molecule has 0 bridgehead atoms. The molecule has 1 saturated heterocycles. The second kappa shape index (κ2) is 2.48. The first kappa shape index (κ1) is 8.53. The van der Waals surface area contributed by atoms with Crippen LogP contribution in [0, 0.1) is 16.7 Å². The van der Waals surface area contributed by atoms with Gasteiger partial charge in [0.25, 0.3) is 0 Å². The summed E-state index contributed by atoms with van der Waals surface area (Å²) in [5, 5.41) is 17.6. The molecule has 1 heterocycles. The Labute approximate surface area is 67.5 Å². The van der Waals surface area contributed by atoms with Gasteiger partial charge in [0.2, 0.25) is 0 Å². The lowest BCUT2D eigenvalue weighted by atomic mass is 9.78. The predicted octanol–water partition coefficient (Wildman–Crippen LogP) is 1.72. The summed E-state index contributed by atoms with van der Waals surface area (Å²) >= 11 is 0. The average Bonchev–Trinajstić information content (AvgIpc) is 2.09. The molecule has 64 valence electrons. The topological polar surface area (TPSA) is 47.3 Å². The van der Waals surface area contributed by atoms with Gasteiger partial charge in [0.15, 0.2) is 0 Å². The van der Waals surface area contributed by atoms with E-state index in [0.717, 1.165) is 5.06 Å². The Balaban J connectivity index is 2.71. The molecular formula is C8H16N2O. The van der Waals surface area contributed by atoms with Gasteiger partial charge in [-0.05, 0) is 11.3 Å². The van der Waals surface area contributed by atoms with Crippen LogP contribution in [0.2, 0.25) is 0 Å². The van der Waals surface area contributed by atoms with E-state index in [0.29, 0.717) is 24.7 Å². The first-order valence-electron chi connectivity index (χ1n) is 3.99. The molecule has 1 rings (SSSR count). The lowest BCUT2D eigenvalue weighted by molar-refractivity contribution is -0.0282. The Hall–Kier alpha value is -0.570. The van der Waals surface area contributed by atoms with Crippen molar-refractivity contribution in [2.24, 2.45) is 11.3 Å². The SMILES string of the molecule is CC(C)C1(C)CC(=N)N(O)C1. The van der Waals surface area contributed by atoms with E-state index in [4.69, 9.17) is 5.41 Å².